The molecule has 0 amide bonds. The fourth-order valence-electron chi connectivity index (χ4n) is 7.78. The van der Waals surface area contributed by atoms with Crippen molar-refractivity contribution in [2.24, 2.45) is 28.6 Å². The SMILES string of the molecule is C[C@]12CCC(OC(=O)c3ccc([N+](=O)[O-])cc3)CC1=CCC1C2CC[C@]23C=C2CCC13. The van der Waals surface area contributed by atoms with E-state index >= 15 is 0 Å². The van der Waals surface area contributed by atoms with Gasteiger partial charge in [0.15, 0.2) is 0 Å². The van der Waals surface area contributed by atoms with Crippen LogP contribution in [0.2, 0.25) is 0 Å². The summed E-state index contributed by atoms with van der Waals surface area (Å²) < 4.78 is 5.84. The van der Waals surface area contributed by atoms with Crippen LogP contribution in [0, 0.1) is 38.7 Å². The summed E-state index contributed by atoms with van der Waals surface area (Å²) in [7, 11) is 0. The third kappa shape index (κ3) is 2.78. The summed E-state index contributed by atoms with van der Waals surface area (Å²) >= 11 is 0. The molecule has 5 nitrogen and oxygen atoms in total. The van der Waals surface area contributed by atoms with E-state index in [0.717, 1.165) is 37.0 Å². The Balaban J connectivity index is 1.15. The zero-order valence-corrected chi connectivity index (χ0v) is 18.0. The van der Waals surface area contributed by atoms with Crippen molar-refractivity contribution in [3.05, 3.63) is 63.2 Å². The lowest BCUT2D eigenvalue weighted by Crippen LogP contribution is -2.48. The second kappa shape index (κ2) is 6.54. The maximum absolute atomic E-state index is 12.6. The molecule has 1 spiro atoms. The number of rotatable bonds is 3. The van der Waals surface area contributed by atoms with Crippen LogP contribution in [0.15, 0.2) is 47.6 Å². The van der Waals surface area contributed by atoms with Gasteiger partial charge in [0.25, 0.3) is 5.69 Å². The van der Waals surface area contributed by atoms with Crippen LogP contribution in [0.4, 0.5) is 5.69 Å². The van der Waals surface area contributed by atoms with Gasteiger partial charge in [-0.25, -0.2) is 4.79 Å². The summed E-state index contributed by atoms with van der Waals surface area (Å²) in [4.78, 5) is 23.0. The number of nitro groups is 1. The van der Waals surface area contributed by atoms with Crippen molar-refractivity contribution in [3.8, 4) is 0 Å². The molecule has 0 aliphatic heterocycles. The molecular formula is C26H29NO4. The number of hydrogen-bond acceptors (Lipinski definition) is 4. The number of nitrogens with zero attached hydrogens (tertiary/aromatic N) is 1. The number of esters is 1. The molecule has 3 saturated carbocycles. The van der Waals surface area contributed by atoms with Crippen LogP contribution >= 0.6 is 0 Å². The number of non-ortho nitro benzene ring substituents is 1. The van der Waals surface area contributed by atoms with Crippen LogP contribution < -0.4 is 0 Å². The van der Waals surface area contributed by atoms with Gasteiger partial charge in [-0.3, -0.25) is 10.1 Å². The number of ether oxygens (including phenoxy) is 1. The molecule has 1 aromatic carbocycles. The molecule has 0 aromatic heterocycles. The van der Waals surface area contributed by atoms with Gasteiger partial charge < -0.3 is 4.74 Å². The van der Waals surface area contributed by atoms with Gasteiger partial charge >= 0.3 is 5.97 Å². The second-order valence-electron chi connectivity index (χ2n) is 10.6. The standard InChI is InChI=1S/C26H29NO4/c1-25-12-10-20(31-24(28)16-2-6-19(7-3-16)27(29)30)14-17(25)4-8-21-22(25)11-13-26-15-18(26)5-9-23(21)26/h2-4,6-7,15,20-23H,5,8-14H2,1H3/t20?,21?,22?,23?,25-,26-/m0/s1. The van der Waals surface area contributed by atoms with Crippen molar-refractivity contribution in [2.75, 3.05) is 0 Å². The van der Waals surface area contributed by atoms with E-state index in [0.29, 0.717) is 11.0 Å². The van der Waals surface area contributed by atoms with E-state index in [9.17, 15) is 14.9 Å². The highest BCUT2D eigenvalue weighted by atomic mass is 16.6. The molecule has 1 aromatic rings. The van der Waals surface area contributed by atoms with Gasteiger partial charge in [-0.1, -0.05) is 30.2 Å². The van der Waals surface area contributed by atoms with Gasteiger partial charge in [0.1, 0.15) is 6.10 Å². The Labute approximate surface area is 182 Å². The molecule has 6 rings (SSSR count). The van der Waals surface area contributed by atoms with Gasteiger partial charge in [-0.2, -0.15) is 0 Å². The number of benzene rings is 1. The van der Waals surface area contributed by atoms with E-state index in [4.69, 9.17) is 4.74 Å². The lowest BCUT2D eigenvalue weighted by molar-refractivity contribution is -0.384. The first kappa shape index (κ1) is 19.3. The molecule has 0 saturated heterocycles. The molecule has 3 fully saturated rings. The Kier molecular flexibility index (Phi) is 4.06. The van der Waals surface area contributed by atoms with Crippen LogP contribution in [0.5, 0.6) is 0 Å². The first-order valence-corrected chi connectivity index (χ1v) is 11.8. The number of hydrogen-bond donors (Lipinski definition) is 0. The van der Waals surface area contributed by atoms with Crippen LogP contribution in [0.1, 0.15) is 68.6 Å². The van der Waals surface area contributed by atoms with E-state index in [1.807, 2.05) is 0 Å². The number of allylic oxidation sites excluding steroid dienone is 3. The maximum atomic E-state index is 12.6. The van der Waals surface area contributed by atoms with Crippen molar-refractivity contribution in [1.82, 2.24) is 0 Å². The first-order valence-electron chi connectivity index (χ1n) is 11.8. The van der Waals surface area contributed by atoms with E-state index in [2.05, 4.69) is 19.1 Å². The fraction of sp³-hybridized carbons (Fsp3) is 0.577. The summed E-state index contributed by atoms with van der Waals surface area (Å²) in [5, 5.41) is 10.8. The molecule has 5 aliphatic carbocycles. The number of fused-ring (bicyclic) bond motifs is 4. The minimum absolute atomic E-state index is 0.0167. The van der Waals surface area contributed by atoms with Gasteiger partial charge in [0.05, 0.1) is 10.5 Å². The van der Waals surface area contributed by atoms with Gasteiger partial charge in [0.2, 0.25) is 0 Å². The molecule has 5 aliphatic rings. The van der Waals surface area contributed by atoms with Gasteiger partial charge in [-0.15, -0.1) is 0 Å². The predicted octanol–water partition coefficient (Wildman–Crippen LogP) is 6.00. The number of nitro benzene ring substituents is 1. The van der Waals surface area contributed by atoms with E-state index in [1.165, 1.54) is 61.9 Å². The topological polar surface area (TPSA) is 69.4 Å². The van der Waals surface area contributed by atoms with E-state index in [1.54, 1.807) is 5.57 Å². The second-order valence-corrected chi connectivity index (χ2v) is 10.6. The van der Waals surface area contributed by atoms with Crippen molar-refractivity contribution >= 4 is 11.7 Å². The lowest BCUT2D eigenvalue weighted by atomic mass is 9.49. The summed E-state index contributed by atoms with van der Waals surface area (Å²) in [6.45, 7) is 2.47. The third-order valence-corrected chi connectivity index (χ3v) is 9.44. The summed E-state index contributed by atoms with van der Waals surface area (Å²) in [5.74, 6) is 2.07. The average molecular weight is 420 g/mol. The molecular weight excluding hydrogens is 390 g/mol. The monoisotopic (exact) mass is 419 g/mol. The minimum Gasteiger partial charge on any atom is -0.458 e. The number of carbonyl (C=O) groups excluding carboxylic acids is 1. The van der Waals surface area contributed by atoms with Crippen molar-refractivity contribution < 1.29 is 14.5 Å². The van der Waals surface area contributed by atoms with Crippen LogP contribution in [0.25, 0.3) is 0 Å². The van der Waals surface area contributed by atoms with Crippen LogP contribution in [-0.4, -0.2) is 17.0 Å². The summed E-state index contributed by atoms with van der Waals surface area (Å²) in [6.07, 6.45) is 14.4. The van der Waals surface area contributed by atoms with E-state index in [-0.39, 0.29) is 23.2 Å². The molecule has 0 heterocycles. The predicted molar refractivity (Wildman–Crippen MR) is 116 cm³/mol. The first-order chi connectivity index (χ1) is 14.9. The quantitative estimate of drug-likeness (QED) is 0.261. The highest BCUT2D eigenvalue weighted by Gasteiger charge is 2.62. The zero-order chi connectivity index (χ0) is 21.4. The molecule has 0 radical (unpaired) electrons. The van der Waals surface area contributed by atoms with Crippen molar-refractivity contribution in [1.29, 1.82) is 0 Å². The zero-order valence-electron chi connectivity index (χ0n) is 18.0. The maximum Gasteiger partial charge on any atom is 0.338 e. The third-order valence-electron chi connectivity index (χ3n) is 9.44. The molecule has 162 valence electrons. The van der Waals surface area contributed by atoms with E-state index < -0.39 is 4.92 Å². The summed E-state index contributed by atoms with van der Waals surface area (Å²) in [5.41, 5.74) is 4.40. The largest absolute Gasteiger partial charge is 0.458 e. The van der Waals surface area contributed by atoms with Gasteiger partial charge in [-0.05, 0) is 80.2 Å². The lowest BCUT2D eigenvalue weighted by Gasteiger charge is -2.56. The van der Waals surface area contributed by atoms with Crippen LogP contribution in [-0.2, 0) is 4.74 Å². The van der Waals surface area contributed by atoms with Crippen molar-refractivity contribution in [3.63, 3.8) is 0 Å². The van der Waals surface area contributed by atoms with Crippen molar-refractivity contribution in [2.45, 2.75) is 64.4 Å². The fourth-order valence-corrected chi connectivity index (χ4v) is 7.78. The molecule has 6 atom stereocenters. The Morgan fingerprint density at radius 1 is 1.10 bits per heavy atom. The summed E-state index contributed by atoms with van der Waals surface area (Å²) in [6, 6.07) is 5.68. The molecule has 4 unspecified atom stereocenters. The smallest absolute Gasteiger partial charge is 0.338 e. The number of carbonyl (C=O) groups is 1. The minimum atomic E-state index is -0.460. The Morgan fingerprint density at radius 2 is 1.90 bits per heavy atom. The average Bonchev–Trinajstić information content (AvgIpc) is 3.34. The Morgan fingerprint density at radius 3 is 2.65 bits per heavy atom. The molecule has 0 N–H and O–H groups in total. The molecule has 5 heteroatoms. The van der Waals surface area contributed by atoms with Gasteiger partial charge in [0, 0.05) is 24.0 Å². The van der Waals surface area contributed by atoms with Crippen LogP contribution in [0.3, 0.4) is 0 Å². The normalized spacial score (nSPS) is 39.8. The Hall–Kier alpha value is -2.43. The molecule has 31 heavy (non-hydrogen) atoms. The Bertz CT molecular complexity index is 1020. The highest BCUT2D eigenvalue weighted by molar-refractivity contribution is 5.89. The molecule has 0 bridgehead atoms. The highest BCUT2D eigenvalue weighted by Crippen LogP contribution is 2.72.